The van der Waals surface area contributed by atoms with Gasteiger partial charge in [-0.05, 0) is 28.4 Å². The zero-order valence-electron chi connectivity index (χ0n) is 9.01. The number of benzene rings is 1. The van der Waals surface area contributed by atoms with Crippen LogP contribution in [0.5, 0.6) is 5.75 Å². The van der Waals surface area contributed by atoms with Gasteiger partial charge in [-0.15, -0.1) is 0 Å². The number of nitro groups is 1. The van der Waals surface area contributed by atoms with Crippen molar-refractivity contribution < 1.29 is 18.1 Å². The first-order valence-corrected chi connectivity index (χ1v) is 8.06. The molecular formula is C9H9BrClNO5S. The maximum Gasteiger partial charge on any atom is 0.312 e. The van der Waals surface area contributed by atoms with Gasteiger partial charge in [0, 0.05) is 16.7 Å². The van der Waals surface area contributed by atoms with Gasteiger partial charge in [-0.3, -0.25) is 10.1 Å². The lowest BCUT2D eigenvalue weighted by atomic mass is 10.3. The van der Waals surface area contributed by atoms with Gasteiger partial charge >= 0.3 is 5.69 Å². The molecule has 0 atom stereocenters. The van der Waals surface area contributed by atoms with E-state index in [4.69, 9.17) is 15.4 Å². The van der Waals surface area contributed by atoms with Crippen molar-refractivity contribution in [1.29, 1.82) is 0 Å². The summed E-state index contributed by atoms with van der Waals surface area (Å²) < 4.78 is 27.0. The van der Waals surface area contributed by atoms with Crippen LogP contribution in [0.25, 0.3) is 0 Å². The van der Waals surface area contributed by atoms with Crippen LogP contribution in [0.4, 0.5) is 5.69 Å². The summed E-state index contributed by atoms with van der Waals surface area (Å²) in [6, 6.07) is 4.41. The van der Waals surface area contributed by atoms with E-state index in [-0.39, 0.29) is 30.2 Å². The van der Waals surface area contributed by atoms with Crippen molar-refractivity contribution in [3.8, 4) is 5.75 Å². The first-order chi connectivity index (χ1) is 8.31. The van der Waals surface area contributed by atoms with Gasteiger partial charge < -0.3 is 4.74 Å². The Morgan fingerprint density at radius 1 is 1.44 bits per heavy atom. The average Bonchev–Trinajstić information content (AvgIpc) is 2.24. The van der Waals surface area contributed by atoms with E-state index in [1.807, 2.05) is 0 Å². The highest BCUT2D eigenvalue weighted by atomic mass is 79.9. The third-order valence-corrected chi connectivity index (χ3v) is 3.79. The lowest BCUT2D eigenvalue weighted by molar-refractivity contribution is -0.386. The molecule has 0 saturated heterocycles. The van der Waals surface area contributed by atoms with Gasteiger partial charge in [0.2, 0.25) is 14.8 Å². The van der Waals surface area contributed by atoms with Crippen molar-refractivity contribution in [2.75, 3.05) is 12.4 Å². The van der Waals surface area contributed by atoms with Gasteiger partial charge in [-0.25, -0.2) is 8.42 Å². The third kappa shape index (κ3) is 4.79. The SMILES string of the molecule is O=[N+]([O-])c1cccc(Br)c1OCCCS(=O)(=O)Cl. The zero-order chi connectivity index (χ0) is 13.8. The van der Waals surface area contributed by atoms with E-state index >= 15 is 0 Å². The van der Waals surface area contributed by atoms with E-state index in [0.717, 1.165) is 0 Å². The van der Waals surface area contributed by atoms with Crippen molar-refractivity contribution >= 4 is 41.4 Å². The predicted octanol–water partition coefficient (Wildman–Crippen LogP) is 2.69. The Morgan fingerprint density at radius 3 is 2.67 bits per heavy atom. The molecule has 0 aliphatic carbocycles. The second kappa shape index (κ2) is 6.35. The first kappa shape index (κ1) is 15.2. The highest BCUT2D eigenvalue weighted by Gasteiger charge is 2.17. The molecule has 0 aromatic heterocycles. The fourth-order valence-electron chi connectivity index (χ4n) is 1.19. The Bertz CT molecular complexity index is 548. The third-order valence-electron chi connectivity index (χ3n) is 1.92. The largest absolute Gasteiger partial charge is 0.486 e. The van der Waals surface area contributed by atoms with Crippen molar-refractivity contribution in [3.05, 3.63) is 32.8 Å². The molecular weight excluding hydrogens is 350 g/mol. The maximum absolute atomic E-state index is 10.8. The average molecular weight is 359 g/mol. The summed E-state index contributed by atoms with van der Waals surface area (Å²) in [7, 11) is 1.46. The molecule has 0 N–H and O–H groups in total. The highest BCUT2D eigenvalue weighted by molar-refractivity contribution is 9.10. The number of para-hydroxylation sites is 1. The minimum Gasteiger partial charge on any atom is -0.486 e. The molecule has 0 fully saturated rings. The van der Waals surface area contributed by atoms with E-state index in [0.29, 0.717) is 4.47 Å². The van der Waals surface area contributed by atoms with Crippen LogP contribution in [-0.4, -0.2) is 25.7 Å². The van der Waals surface area contributed by atoms with Crippen LogP contribution in [0.3, 0.4) is 0 Å². The number of rotatable bonds is 6. The summed E-state index contributed by atoms with van der Waals surface area (Å²) in [5.74, 6) is -0.165. The van der Waals surface area contributed by atoms with Crippen LogP contribution in [0.1, 0.15) is 6.42 Å². The smallest absolute Gasteiger partial charge is 0.312 e. The summed E-state index contributed by atoms with van der Waals surface area (Å²) in [6.45, 7) is 0.0232. The normalized spacial score (nSPS) is 11.2. The molecule has 1 aromatic rings. The standard InChI is InChI=1S/C9H9BrClNO5S/c10-7-3-1-4-8(12(13)14)9(7)17-5-2-6-18(11,15)16/h1,3-4H,2,5-6H2. The molecule has 18 heavy (non-hydrogen) atoms. The first-order valence-electron chi connectivity index (χ1n) is 4.79. The van der Waals surface area contributed by atoms with E-state index in [1.165, 1.54) is 12.1 Å². The molecule has 0 aliphatic rings. The zero-order valence-corrected chi connectivity index (χ0v) is 12.2. The summed E-state index contributed by atoms with van der Waals surface area (Å²) in [5, 5.41) is 10.8. The van der Waals surface area contributed by atoms with Gasteiger partial charge in [0.1, 0.15) is 0 Å². The lowest BCUT2D eigenvalue weighted by Crippen LogP contribution is -2.06. The number of ether oxygens (including phenoxy) is 1. The second-order valence-corrected chi connectivity index (χ2v) is 7.04. The summed E-state index contributed by atoms with van der Waals surface area (Å²) >= 11 is 3.13. The molecule has 0 radical (unpaired) electrons. The molecule has 0 aliphatic heterocycles. The molecule has 0 amide bonds. The van der Waals surface area contributed by atoms with E-state index in [2.05, 4.69) is 15.9 Å². The van der Waals surface area contributed by atoms with Gasteiger partial charge in [0.05, 0.1) is 21.8 Å². The van der Waals surface area contributed by atoms with Crippen LogP contribution in [0.15, 0.2) is 22.7 Å². The monoisotopic (exact) mass is 357 g/mol. The molecule has 0 spiro atoms. The number of nitro benzene ring substituents is 1. The van der Waals surface area contributed by atoms with Crippen LogP contribution < -0.4 is 4.74 Å². The maximum atomic E-state index is 10.8. The molecule has 0 bridgehead atoms. The molecule has 1 rings (SSSR count). The van der Waals surface area contributed by atoms with Crippen LogP contribution in [0, 0.1) is 10.1 Å². The predicted molar refractivity (Wildman–Crippen MR) is 70.5 cm³/mol. The molecule has 0 heterocycles. The van der Waals surface area contributed by atoms with Crippen LogP contribution in [0.2, 0.25) is 0 Å². The fourth-order valence-corrected chi connectivity index (χ4v) is 2.45. The fraction of sp³-hybridized carbons (Fsp3) is 0.333. The van der Waals surface area contributed by atoms with Crippen LogP contribution >= 0.6 is 26.6 Å². The molecule has 0 saturated carbocycles. The molecule has 1 aromatic carbocycles. The summed E-state index contributed by atoms with van der Waals surface area (Å²) in [5.41, 5.74) is -0.182. The summed E-state index contributed by atoms with van der Waals surface area (Å²) in [4.78, 5) is 10.2. The number of hydrogen-bond acceptors (Lipinski definition) is 5. The summed E-state index contributed by atoms with van der Waals surface area (Å²) in [6.07, 6.45) is 0.157. The molecule has 9 heteroatoms. The molecule has 0 unspecified atom stereocenters. The van der Waals surface area contributed by atoms with Gasteiger partial charge in [0.25, 0.3) is 0 Å². The topological polar surface area (TPSA) is 86.5 Å². The van der Waals surface area contributed by atoms with E-state index in [1.54, 1.807) is 6.07 Å². The Kier molecular flexibility index (Phi) is 5.36. The Morgan fingerprint density at radius 2 is 2.11 bits per heavy atom. The van der Waals surface area contributed by atoms with Crippen molar-refractivity contribution in [2.24, 2.45) is 0 Å². The Hall–Kier alpha value is -0.860. The lowest BCUT2D eigenvalue weighted by Gasteiger charge is -2.07. The molecule has 100 valence electrons. The minimum atomic E-state index is -3.57. The van der Waals surface area contributed by atoms with Crippen molar-refractivity contribution in [3.63, 3.8) is 0 Å². The quantitative estimate of drug-likeness (QED) is 0.338. The Labute approximate surface area is 117 Å². The molecule has 6 nitrogen and oxygen atoms in total. The second-order valence-electron chi connectivity index (χ2n) is 3.29. The number of hydrogen-bond donors (Lipinski definition) is 0. The minimum absolute atomic E-state index is 0.0232. The van der Waals surface area contributed by atoms with Crippen molar-refractivity contribution in [1.82, 2.24) is 0 Å². The number of halogens is 2. The van der Waals surface area contributed by atoms with E-state index in [9.17, 15) is 18.5 Å². The van der Waals surface area contributed by atoms with Crippen LogP contribution in [-0.2, 0) is 9.05 Å². The van der Waals surface area contributed by atoms with E-state index < -0.39 is 14.0 Å². The van der Waals surface area contributed by atoms with Crippen molar-refractivity contribution in [2.45, 2.75) is 6.42 Å². The van der Waals surface area contributed by atoms with Gasteiger partial charge in [-0.2, -0.15) is 0 Å². The van der Waals surface area contributed by atoms with Gasteiger partial charge in [0.15, 0.2) is 0 Å². The highest BCUT2D eigenvalue weighted by Crippen LogP contribution is 2.34. The van der Waals surface area contributed by atoms with Gasteiger partial charge in [-0.1, -0.05) is 6.07 Å². The Balaban J connectivity index is 2.70. The number of nitrogens with zero attached hydrogens (tertiary/aromatic N) is 1.